The third kappa shape index (κ3) is 2.74. The average molecular weight is 149 g/mol. The summed E-state index contributed by atoms with van der Waals surface area (Å²) < 4.78 is 0. The Kier molecular flexibility index (Phi) is 3.43. The van der Waals surface area contributed by atoms with Crippen molar-refractivity contribution in [3.05, 3.63) is 0 Å². The first kappa shape index (κ1) is 7.62. The summed E-state index contributed by atoms with van der Waals surface area (Å²) in [6.07, 6.45) is 0. The maximum absolute atomic E-state index is 9.83. The fraction of sp³-hybridized carbons (Fsp3) is 0.333. The molecule has 0 aromatic rings. The van der Waals surface area contributed by atoms with Gasteiger partial charge in [-0.15, -0.1) is 12.6 Å². The fourth-order valence-corrected chi connectivity index (χ4v) is 0.346. The Labute approximate surface area is 56.8 Å². The highest BCUT2D eigenvalue weighted by atomic mass is 32.1. The van der Waals surface area contributed by atoms with Gasteiger partial charge in [-0.25, -0.2) is 9.79 Å². The minimum Gasteiger partial charge on any atom is -0.479 e. The van der Waals surface area contributed by atoms with E-state index in [1.807, 2.05) is 5.16 Å². The van der Waals surface area contributed by atoms with Crippen LogP contribution in [0.5, 0.6) is 0 Å². The van der Waals surface area contributed by atoms with Crippen LogP contribution in [-0.4, -0.2) is 21.6 Å². The summed E-state index contributed by atoms with van der Waals surface area (Å²) in [7, 11) is 0. The Morgan fingerprint density at radius 2 is 2.50 bits per heavy atom. The predicted molar refractivity (Wildman–Crippen MR) is 35.4 cm³/mol. The first-order valence-electron chi connectivity index (χ1n) is 1.66. The molecule has 0 saturated carbocycles. The van der Waals surface area contributed by atoms with E-state index in [0.29, 0.717) is 0 Å². The molecule has 0 saturated heterocycles. The van der Waals surface area contributed by atoms with Crippen LogP contribution in [0.4, 0.5) is 0 Å². The maximum Gasteiger partial charge on any atom is 0.339 e. The molecule has 1 atom stereocenters. The fourth-order valence-electron chi connectivity index (χ4n) is 0.105. The molecule has 0 radical (unpaired) electrons. The highest BCUT2D eigenvalue weighted by Gasteiger charge is 2.06. The van der Waals surface area contributed by atoms with E-state index < -0.39 is 11.3 Å². The van der Waals surface area contributed by atoms with E-state index in [1.54, 1.807) is 0 Å². The van der Waals surface area contributed by atoms with Gasteiger partial charge in [-0.3, -0.25) is 0 Å². The Bertz CT molecular complexity index is 138. The second-order valence-electron chi connectivity index (χ2n) is 0.932. The van der Waals surface area contributed by atoms with Gasteiger partial charge in [0.2, 0.25) is 0 Å². The summed E-state index contributed by atoms with van der Waals surface area (Å²) in [4.78, 5) is 13.0. The van der Waals surface area contributed by atoms with Crippen LogP contribution in [0.1, 0.15) is 0 Å². The van der Waals surface area contributed by atoms with Crippen LogP contribution in [0.2, 0.25) is 0 Å². The zero-order valence-corrected chi connectivity index (χ0v) is 5.45. The van der Waals surface area contributed by atoms with E-state index in [-0.39, 0.29) is 0 Å². The number of isothiocyanates is 1. The number of carboxylic acid groups (broad SMARTS) is 1. The Morgan fingerprint density at radius 3 is 2.62 bits per heavy atom. The molecule has 0 heterocycles. The zero-order chi connectivity index (χ0) is 6.57. The SMILES string of the molecule is O=C(O)C(S)N=C=S. The molecule has 1 unspecified atom stereocenters. The molecule has 0 aliphatic rings. The number of aliphatic imine (C=N–C) groups is 1. The first-order chi connectivity index (χ1) is 3.68. The Balaban J connectivity index is 3.82. The third-order valence-corrected chi connectivity index (χ3v) is 0.838. The van der Waals surface area contributed by atoms with Crippen molar-refractivity contribution in [2.75, 3.05) is 0 Å². The monoisotopic (exact) mass is 149 g/mol. The summed E-state index contributed by atoms with van der Waals surface area (Å²) in [5.74, 6) is -1.12. The van der Waals surface area contributed by atoms with E-state index in [2.05, 4.69) is 29.8 Å². The predicted octanol–water partition coefficient (Wildman–Crippen LogP) is 0.430. The van der Waals surface area contributed by atoms with Crippen LogP contribution in [-0.2, 0) is 4.79 Å². The van der Waals surface area contributed by atoms with Gasteiger partial charge in [0, 0.05) is 0 Å². The molecular weight excluding hydrogens is 146 g/mol. The van der Waals surface area contributed by atoms with E-state index in [1.165, 1.54) is 0 Å². The van der Waals surface area contributed by atoms with Gasteiger partial charge in [0.15, 0.2) is 5.37 Å². The minimum atomic E-state index is -1.12. The lowest BCUT2D eigenvalue weighted by Gasteiger charge is -1.90. The van der Waals surface area contributed by atoms with Gasteiger partial charge in [0.05, 0.1) is 5.16 Å². The van der Waals surface area contributed by atoms with Crippen molar-refractivity contribution in [1.29, 1.82) is 0 Å². The van der Waals surface area contributed by atoms with E-state index in [4.69, 9.17) is 5.11 Å². The van der Waals surface area contributed by atoms with E-state index in [0.717, 1.165) is 0 Å². The van der Waals surface area contributed by atoms with Gasteiger partial charge < -0.3 is 5.11 Å². The highest BCUT2D eigenvalue weighted by molar-refractivity contribution is 7.82. The Hall–Kier alpha value is -0.380. The van der Waals surface area contributed by atoms with Crippen LogP contribution in [0.15, 0.2) is 4.99 Å². The zero-order valence-electron chi connectivity index (χ0n) is 3.74. The van der Waals surface area contributed by atoms with E-state index >= 15 is 0 Å². The lowest BCUT2D eigenvalue weighted by Crippen LogP contribution is -2.09. The second kappa shape index (κ2) is 3.60. The van der Waals surface area contributed by atoms with Gasteiger partial charge >= 0.3 is 5.97 Å². The normalized spacial score (nSPS) is 11.6. The van der Waals surface area contributed by atoms with Crippen molar-refractivity contribution in [1.82, 2.24) is 0 Å². The largest absolute Gasteiger partial charge is 0.479 e. The molecule has 5 heteroatoms. The molecule has 0 spiro atoms. The van der Waals surface area contributed by atoms with Crippen LogP contribution < -0.4 is 0 Å². The quantitative estimate of drug-likeness (QED) is 0.340. The summed E-state index contributed by atoms with van der Waals surface area (Å²) in [6, 6.07) is 0. The topological polar surface area (TPSA) is 49.7 Å². The Morgan fingerprint density at radius 1 is 2.00 bits per heavy atom. The summed E-state index contributed by atoms with van der Waals surface area (Å²) in [6.45, 7) is 0. The molecule has 3 nitrogen and oxygen atoms in total. The van der Waals surface area contributed by atoms with E-state index in [9.17, 15) is 4.79 Å². The maximum atomic E-state index is 9.83. The van der Waals surface area contributed by atoms with Crippen LogP contribution in [0.25, 0.3) is 0 Å². The summed E-state index contributed by atoms with van der Waals surface area (Å²) >= 11 is 7.63. The first-order valence-corrected chi connectivity index (χ1v) is 2.59. The minimum absolute atomic E-state index is 1.06. The van der Waals surface area contributed by atoms with Crippen molar-refractivity contribution in [2.45, 2.75) is 5.37 Å². The van der Waals surface area contributed by atoms with Crippen molar-refractivity contribution in [3.63, 3.8) is 0 Å². The summed E-state index contributed by atoms with van der Waals surface area (Å²) in [5.41, 5.74) is 0. The summed E-state index contributed by atoms with van der Waals surface area (Å²) in [5, 5.41) is 8.89. The number of hydrogen-bond acceptors (Lipinski definition) is 4. The molecule has 8 heavy (non-hydrogen) atoms. The lowest BCUT2D eigenvalue weighted by atomic mass is 10.7. The molecule has 0 bridgehead atoms. The molecule has 0 aliphatic carbocycles. The number of nitrogens with zero attached hydrogens (tertiary/aromatic N) is 1. The van der Waals surface area contributed by atoms with Crippen molar-refractivity contribution in [2.24, 2.45) is 4.99 Å². The van der Waals surface area contributed by atoms with Gasteiger partial charge in [-0.1, -0.05) is 0 Å². The average Bonchev–Trinajstić information content (AvgIpc) is 1.67. The molecule has 0 aromatic heterocycles. The molecule has 0 amide bonds. The van der Waals surface area contributed by atoms with Gasteiger partial charge in [-0.05, 0) is 12.2 Å². The van der Waals surface area contributed by atoms with Gasteiger partial charge in [0.1, 0.15) is 0 Å². The molecule has 1 N–H and O–H groups in total. The number of thiocarbonyl (C=S) groups is 1. The molecule has 44 valence electrons. The van der Waals surface area contributed by atoms with Crippen molar-refractivity contribution < 1.29 is 9.90 Å². The molecule has 0 aromatic carbocycles. The molecule has 0 aliphatic heterocycles. The number of thiol groups is 1. The van der Waals surface area contributed by atoms with Gasteiger partial charge in [-0.2, -0.15) is 0 Å². The van der Waals surface area contributed by atoms with Crippen molar-refractivity contribution in [3.8, 4) is 0 Å². The standard InChI is InChI=1S/C3H3NO2S2/c5-3(6)2(8)4-1-7/h2,8H,(H,5,6). The number of aliphatic carboxylic acids is 1. The highest BCUT2D eigenvalue weighted by Crippen LogP contribution is 1.93. The molecule has 0 rings (SSSR count). The van der Waals surface area contributed by atoms with Crippen LogP contribution in [0, 0.1) is 0 Å². The number of hydrogen-bond donors (Lipinski definition) is 2. The lowest BCUT2D eigenvalue weighted by molar-refractivity contribution is -0.136. The number of carbonyl (C=O) groups is 1. The van der Waals surface area contributed by atoms with Crippen LogP contribution in [0.3, 0.4) is 0 Å². The number of rotatable bonds is 2. The molecule has 0 fully saturated rings. The molecular formula is C3H3NO2S2. The van der Waals surface area contributed by atoms with Gasteiger partial charge in [0.25, 0.3) is 0 Å². The van der Waals surface area contributed by atoms with Crippen molar-refractivity contribution >= 4 is 36.0 Å². The third-order valence-electron chi connectivity index (χ3n) is 0.396. The van der Waals surface area contributed by atoms with Crippen LogP contribution >= 0.6 is 24.8 Å². The second-order valence-corrected chi connectivity index (χ2v) is 1.60. The smallest absolute Gasteiger partial charge is 0.339 e. The number of carboxylic acids is 1.